The van der Waals surface area contributed by atoms with Crippen LogP contribution in [0.15, 0.2) is 23.1 Å². The topological polar surface area (TPSA) is 68.6 Å². The molecular formula is C14H12ClFN2O4. The zero-order valence-electron chi connectivity index (χ0n) is 11.8. The maximum absolute atomic E-state index is 13.6. The predicted octanol–water partition coefficient (Wildman–Crippen LogP) is 1.69. The number of hydrogen-bond acceptors (Lipinski definition) is 4. The highest BCUT2D eigenvalue weighted by Gasteiger charge is 2.19. The minimum Gasteiger partial charge on any atom is -0.462 e. The molecule has 0 aliphatic carbocycles. The number of ether oxygens (including phenoxy) is 1. The van der Waals surface area contributed by atoms with Gasteiger partial charge in [-0.05, 0) is 19.1 Å². The van der Waals surface area contributed by atoms with Gasteiger partial charge in [-0.1, -0.05) is 11.6 Å². The van der Waals surface area contributed by atoms with Gasteiger partial charge in [0.05, 0.1) is 22.5 Å². The van der Waals surface area contributed by atoms with Crippen molar-refractivity contribution in [1.29, 1.82) is 0 Å². The molecule has 2 aromatic rings. The quantitative estimate of drug-likeness (QED) is 0.633. The molecule has 2 rings (SSSR count). The second kappa shape index (κ2) is 6.15. The van der Waals surface area contributed by atoms with E-state index >= 15 is 0 Å². The van der Waals surface area contributed by atoms with Crippen LogP contribution in [0.3, 0.4) is 0 Å². The largest absolute Gasteiger partial charge is 0.462 e. The average Bonchev–Trinajstić information content (AvgIpc) is 2.49. The van der Waals surface area contributed by atoms with Crippen molar-refractivity contribution in [2.45, 2.75) is 6.92 Å². The van der Waals surface area contributed by atoms with Crippen molar-refractivity contribution in [3.63, 3.8) is 0 Å². The summed E-state index contributed by atoms with van der Waals surface area (Å²) in [4.78, 5) is 35.2. The van der Waals surface area contributed by atoms with Gasteiger partial charge >= 0.3 is 5.97 Å². The van der Waals surface area contributed by atoms with E-state index in [2.05, 4.69) is 0 Å². The summed E-state index contributed by atoms with van der Waals surface area (Å²) >= 11 is 5.72. The summed E-state index contributed by atoms with van der Waals surface area (Å²) in [6.07, 6.45) is 1.63. The number of esters is 1. The first-order valence-electron chi connectivity index (χ1n) is 6.30. The van der Waals surface area contributed by atoms with Crippen LogP contribution in [0.5, 0.6) is 0 Å². The van der Waals surface area contributed by atoms with Crippen molar-refractivity contribution in [2.24, 2.45) is 0 Å². The number of rotatable bonds is 4. The van der Waals surface area contributed by atoms with Gasteiger partial charge in [-0.3, -0.25) is 19.3 Å². The third-order valence-electron chi connectivity index (χ3n) is 3.01. The second-order valence-corrected chi connectivity index (χ2v) is 4.81. The van der Waals surface area contributed by atoms with Crippen LogP contribution in [-0.2, 0) is 9.53 Å². The van der Waals surface area contributed by atoms with E-state index in [1.165, 1.54) is 17.8 Å². The number of carbonyl (C=O) groups excluding carboxylic acids is 2. The second-order valence-electron chi connectivity index (χ2n) is 4.40. The number of hydrogen-bond donors (Lipinski definition) is 0. The van der Waals surface area contributed by atoms with Crippen LogP contribution in [0.2, 0.25) is 5.02 Å². The average molecular weight is 327 g/mol. The summed E-state index contributed by atoms with van der Waals surface area (Å²) in [6.45, 7) is 1.67. The number of carbonyl (C=O) groups is 2. The Bertz CT molecular complexity index is 819. The van der Waals surface area contributed by atoms with E-state index < -0.39 is 17.2 Å². The van der Waals surface area contributed by atoms with E-state index in [1.807, 2.05) is 0 Å². The van der Waals surface area contributed by atoms with Crippen molar-refractivity contribution < 1.29 is 18.7 Å². The summed E-state index contributed by atoms with van der Waals surface area (Å²) in [6, 6.07) is 2.14. The molecule has 22 heavy (non-hydrogen) atoms. The molecule has 1 amide bonds. The van der Waals surface area contributed by atoms with E-state index in [0.29, 0.717) is 6.41 Å². The lowest BCUT2D eigenvalue weighted by molar-refractivity contribution is -0.108. The van der Waals surface area contributed by atoms with E-state index in [-0.39, 0.29) is 28.1 Å². The molecule has 1 aromatic carbocycles. The molecule has 0 unspecified atom stereocenters. The van der Waals surface area contributed by atoms with Crippen LogP contribution >= 0.6 is 11.6 Å². The number of pyridine rings is 1. The van der Waals surface area contributed by atoms with Crippen LogP contribution < -0.4 is 10.4 Å². The Morgan fingerprint density at radius 3 is 2.77 bits per heavy atom. The fraction of sp³-hybridized carbons (Fsp3) is 0.214. The monoisotopic (exact) mass is 326 g/mol. The number of benzene rings is 1. The molecule has 0 atom stereocenters. The van der Waals surface area contributed by atoms with Crippen LogP contribution in [0.1, 0.15) is 17.3 Å². The number of amides is 1. The normalized spacial score (nSPS) is 10.5. The standard InChI is InChI=1S/C14H12ClFN2O4/c1-3-22-14(21)9-6-18(17(2)7-19)12-5-10(15)11(16)4-8(12)13(9)20/h4-7H,3H2,1-2H3. The predicted molar refractivity (Wildman–Crippen MR) is 79.3 cm³/mol. The number of nitrogens with zero attached hydrogens (tertiary/aromatic N) is 2. The van der Waals surface area contributed by atoms with E-state index in [1.54, 1.807) is 6.92 Å². The van der Waals surface area contributed by atoms with Gasteiger partial charge in [-0.25, -0.2) is 9.18 Å². The molecule has 8 heteroatoms. The number of fused-ring (bicyclic) bond motifs is 1. The van der Waals surface area contributed by atoms with E-state index in [4.69, 9.17) is 16.3 Å². The summed E-state index contributed by atoms with van der Waals surface area (Å²) in [7, 11) is 1.41. The van der Waals surface area contributed by atoms with Gasteiger partial charge in [0.2, 0.25) is 11.8 Å². The van der Waals surface area contributed by atoms with Gasteiger partial charge in [0.15, 0.2) is 0 Å². The first-order valence-corrected chi connectivity index (χ1v) is 6.68. The van der Waals surface area contributed by atoms with Crippen molar-refractivity contribution in [3.05, 3.63) is 45.0 Å². The molecule has 0 saturated heterocycles. The molecule has 0 fully saturated rings. The molecule has 1 aromatic heterocycles. The van der Waals surface area contributed by atoms with Crippen LogP contribution in [0.4, 0.5) is 4.39 Å². The van der Waals surface area contributed by atoms with Gasteiger partial charge in [0.25, 0.3) is 0 Å². The zero-order chi connectivity index (χ0) is 16.4. The van der Waals surface area contributed by atoms with Crippen molar-refractivity contribution in [3.8, 4) is 0 Å². The SMILES string of the molecule is CCOC(=O)c1cn(N(C)C=O)c2cc(Cl)c(F)cc2c1=O. The summed E-state index contributed by atoms with van der Waals surface area (Å²) in [5.41, 5.74) is -0.802. The Morgan fingerprint density at radius 2 is 2.18 bits per heavy atom. The molecule has 0 N–H and O–H groups in total. The van der Waals surface area contributed by atoms with Gasteiger partial charge in [0.1, 0.15) is 11.4 Å². The smallest absolute Gasteiger partial charge is 0.343 e. The highest BCUT2D eigenvalue weighted by Crippen LogP contribution is 2.21. The van der Waals surface area contributed by atoms with Crippen molar-refractivity contribution in [1.82, 2.24) is 4.68 Å². The molecular weight excluding hydrogens is 315 g/mol. The maximum atomic E-state index is 13.6. The summed E-state index contributed by atoms with van der Waals surface area (Å²) < 4.78 is 19.7. The molecule has 0 aliphatic rings. The lowest BCUT2D eigenvalue weighted by atomic mass is 10.1. The maximum Gasteiger partial charge on any atom is 0.343 e. The third kappa shape index (κ3) is 2.67. The molecule has 0 bridgehead atoms. The fourth-order valence-corrected chi connectivity index (χ4v) is 2.13. The molecule has 0 radical (unpaired) electrons. The minimum absolute atomic E-state index is 0.0782. The third-order valence-corrected chi connectivity index (χ3v) is 3.30. The first kappa shape index (κ1) is 16.0. The van der Waals surface area contributed by atoms with Crippen LogP contribution in [-0.4, -0.2) is 30.7 Å². The highest BCUT2D eigenvalue weighted by molar-refractivity contribution is 6.31. The lowest BCUT2D eigenvalue weighted by Gasteiger charge is -2.19. The Morgan fingerprint density at radius 1 is 1.50 bits per heavy atom. The van der Waals surface area contributed by atoms with Crippen LogP contribution in [0.25, 0.3) is 10.9 Å². The molecule has 0 saturated carbocycles. The van der Waals surface area contributed by atoms with Gasteiger partial charge < -0.3 is 4.74 Å². The highest BCUT2D eigenvalue weighted by atomic mass is 35.5. The Labute approximate surface area is 129 Å². The van der Waals surface area contributed by atoms with Crippen molar-refractivity contribution >= 4 is 34.9 Å². The first-order chi connectivity index (χ1) is 10.4. The minimum atomic E-state index is -0.849. The fourth-order valence-electron chi connectivity index (χ4n) is 1.97. The summed E-state index contributed by atoms with van der Waals surface area (Å²) in [5.74, 6) is -1.65. The summed E-state index contributed by atoms with van der Waals surface area (Å²) in [5, 5.41) is 0.795. The number of aromatic nitrogens is 1. The van der Waals surface area contributed by atoms with E-state index in [0.717, 1.165) is 17.3 Å². The van der Waals surface area contributed by atoms with E-state index in [9.17, 15) is 18.8 Å². The molecule has 0 spiro atoms. The molecule has 116 valence electrons. The molecule has 6 nitrogen and oxygen atoms in total. The van der Waals surface area contributed by atoms with Gasteiger partial charge in [-0.2, -0.15) is 0 Å². The Hall–Kier alpha value is -2.41. The Kier molecular flexibility index (Phi) is 4.46. The lowest BCUT2D eigenvalue weighted by Crippen LogP contribution is -2.32. The Balaban J connectivity index is 2.88. The molecule has 0 aliphatic heterocycles. The molecule has 1 heterocycles. The van der Waals surface area contributed by atoms with Gasteiger partial charge in [-0.15, -0.1) is 0 Å². The van der Waals surface area contributed by atoms with Crippen molar-refractivity contribution in [2.75, 3.05) is 18.7 Å². The van der Waals surface area contributed by atoms with Crippen LogP contribution in [0, 0.1) is 5.82 Å². The van der Waals surface area contributed by atoms with Gasteiger partial charge in [0, 0.05) is 13.2 Å². The zero-order valence-corrected chi connectivity index (χ0v) is 12.6. The number of halogens is 2.